The van der Waals surface area contributed by atoms with Crippen molar-refractivity contribution in [2.24, 2.45) is 0 Å². The Morgan fingerprint density at radius 3 is 2.56 bits per heavy atom. The van der Waals surface area contributed by atoms with Gasteiger partial charge in [-0.2, -0.15) is 0 Å². The molecule has 0 unspecified atom stereocenters. The lowest BCUT2D eigenvalue weighted by Crippen LogP contribution is -2.29. The predicted molar refractivity (Wildman–Crippen MR) is 65.7 cm³/mol. The summed E-state index contributed by atoms with van der Waals surface area (Å²) in [4.78, 5) is 4.63. The molecule has 0 amide bonds. The Kier molecular flexibility index (Phi) is 2.62. The topological polar surface area (TPSA) is 29.9 Å². The number of nitrogens with zero attached hydrogens (tertiary/aromatic N) is 2. The largest absolute Gasteiger partial charge is 0.353 e. The molecule has 3 heteroatoms. The molecule has 1 heterocycles. The van der Waals surface area contributed by atoms with Crippen molar-refractivity contribution in [3.8, 4) is 0 Å². The molecule has 1 aromatic heterocycles. The number of nitrogens with one attached hydrogen (secondary N) is 1. The van der Waals surface area contributed by atoms with E-state index in [1.165, 1.54) is 44.9 Å². The van der Waals surface area contributed by atoms with Crippen LogP contribution in [-0.2, 0) is 0 Å². The molecule has 0 radical (unpaired) electrons. The zero-order chi connectivity index (χ0) is 11.0. The lowest BCUT2D eigenvalue weighted by Gasteiger charge is -2.28. The van der Waals surface area contributed by atoms with Crippen molar-refractivity contribution < 1.29 is 0 Å². The van der Waals surface area contributed by atoms with Gasteiger partial charge in [0.25, 0.3) is 0 Å². The van der Waals surface area contributed by atoms with Crippen LogP contribution in [0.3, 0.4) is 0 Å². The van der Waals surface area contributed by atoms with Gasteiger partial charge in [0.2, 0.25) is 5.95 Å². The molecule has 16 heavy (non-hydrogen) atoms. The summed E-state index contributed by atoms with van der Waals surface area (Å²) in [5, 5.41) is 3.60. The van der Waals surface area contributed by atoms with Crippen LogP contribution in [0.5, 0.6) is 0 Å². The average Bonchev–Trinajstić information content (AvgIpc) is 2.79. The minimum atomic E-state index is 0.682. The number of aryl methyl sites for hydroxylation is 1. The normalized spacial score (nSPS) is 22.3. The zero-order valence-electron chi connectivity index (χ0n) is 10.1. The van der Waals surface area contributed by atoms with E-state index in [4.69, 9.17) is 0 Å². The maximum Gasteiger partial charge on any atom is 0.203 e. The SMILES string of the molecule is Cc1cn(C2CCCC2)c(NC2CCC2)n1. The molecule has 2 aliphatic carbocycles. The van der Waals surface area contributed by atoms with Crippen LogP contribution in [-0.4, -0.2) is 15.6 Å². The molecule has 2 saturated carbocycles. The molecule has 2 aliphatic rings. The molecule has 0 aromatic carbocycles. The van der Waals surface area contributed by atoms with E-state index in [-0.39, 0.29) is 0 Å². The number of anilines is 1. The van der Waals surface area contributed by atoms with Gasteiger partial charge in [0.15, 0.2) is 0 Å². The molecule has 0 atom stereocenters. The Morgan fingerprint density at radius 1 is 1.19 bits per heavy atom. The first-order chi connectivity index (χ1) is 7.83. The van der Waals surface area contributed by atoms with Gasteiger partial charge in [0, 0.05) is 18.3 Å². The van der Waals surface area contributed by atoms with Gasteiger partial charge in [-0.15, -0.1) is 0 Å². The molecule has 3 rings (SSSR count). The smallest absolute Gasteiger partial charge is 0.203 e. The molecular formula is C13H21N3. The van der Waals surface area contributed by atoms with Crippen molar-refractivity contribution in [3.63, 3.8) is 0 Å². The minimum Gasteiger partial charge on any atom is -0.353 e. The fourth-order valence-electron chi connectivity index (χ4n) is 2.82. The summed E-state index contributed by atoms with van der Waals surface area (Å²) in [5.41, 5.74) is 1.15. The highest BCUT2D eigenvalue weighted by atomic mass is 15.2. The third kappa shape index (κ3) is 1.83. The van der Waals surface area contributed by atoms with Crippen LogP contribution in [0, 0.1) is 6.92 Å². The summed E-state index contributed by atoms with van der Waals surface area (Å²) in [7, 11) is 0. The standard InChI is InChI=1S/C13H21N3/c1-10-9-16(12-7-2-3-8-12)13(14-10)15-11-5-4-6-11/h9,11-12H,2-8H2,1H3,(H,14,15). The molecular weight excluding hydrogens is 198 g/mol. The number of hydrogen-bond donors (Lipinski definition) is 1. The van der Waals surface area contributed by atoms with Crippen molar-refractivity contribution >= 4 is 5.95 Å². The Morgan fingerprint density at radius 2 is 1.94 bits per heavy atom. The Hall–Kier alpha value is -0.990. The van der Waals surface area contributed by atoms with Crippen LogP contribution in [0.15, 0.2) is 6.20 Å². The van der Waals surface area contributed by atoms with E-state index < -0.39 is 0 Å². The minimum absolute atomic E-state index is 0.682. The predicted octanol–water partition coefficient (Wildman–Crippen LogP) is 3.27. The van der Waals surface area contributed by atoms with Crippen LogP contribution in [0.1, 0.15) is 56.7 Å². The van der Waals surface area contributed by atoms with Gasteiger partial charge in [0.1, 0.15) is 0 Å². The fraction of sp³-hybridized carbons (Fsp3) is 0.769. The van der Waals surface area contributed by atoms with Gasteiger partial charge in [-0.1, -0.05) is 12.8 Å². The van der Waals surface area contributed by atoms with E-state index in [2.05, 4.69) is 28.0 Å². The highest BCUT2D eigenvalue weighted by Crippen LogP contribution is 2.33. The Balaban J connectivity index is 1.78. The maximum atomic E-state index is 4.63. The second-order valence-electron chi connectivity index (χ2n) is 5.32. The van der Waals surface area contributed by atoms with Crippen LogP contribution in [0.2, 0.25) is 0 Å². The zero-order valence-corrected chi connectivity index (χ0v) is 10.1. The second kappa shape index (κ2) is 4.11. The maximum absolute atomic E-state index is 4.63. The van der Waals surface area contributed by atoms with Gasteiger partial charge >= 0.3 is 0 Å². The molecule has 0 aliphatic heterocycles. The van der Waals surface area contributed by atoms with E-state index in [9.17, 15) is 0 Å². The first-order valence-electron chi connectivity index (χ1n) is 6.65. The summed E-state index contributed by atoms with van der Waals surface area (Å²) in [6.45, 7) is 2.09. The van der Waals surface area contributed by atoms with Crippen molar-refractivity contribution in [2.75, 3.05) is 5.32 Å². The first-order valence-corrected chi connectivity index (χ1v) is 6.65. The summed E-state index contributed by atoms with van der Waals surface area (Å²) >= 11 is 0. The monoisotopic (exact) mass is 219 g/mol. The molecule has 0 spiro atoms. The molecule has 0 bridgehead atoms. The number of imidazole rings is 1. The van der Waals surface area contributed by atoms with Gasteiger partial charge in [0.05, 0.1) is 5.69 Å². The second-order valence-corrected chi connectivity index (χ2v) is 5.32. The van der Waals surface area contributed by atoms with E-state index in [0.29, 0.717) is 12.1 Å². The molecule has 0 saturated heterocycles. The third-order valence-corrected chi connectivity index (χ3v) is 4.01. The quantitative estimate of drug-likeness (QED) is 0.845. The lowest BCUT2D eigenvalue weighted by molar-refractivity contribution is 0.435. The van der Waals surface area contributed by atoms with Gasteiger partial charge in [-0.05, 0) is 39.0 Å². The van der Waals surface area contributed by atoms with Crippen molar-refractivity contribution in [1.29, 1.82) is 0 Å². The van der Waals surface area contributed by atoms with E-state index in [1.807, 2.05) is 0 Å². The molecule has 1 aromatic rings. The summed E-state index contributed by atoms with van der Waals surface area (Å²) in [6.07, 6.45) is 11.6. The lowest BCUT2D eigenvalue weighted by atomic mass is 9.93. The van der Waals surface area contributed by atoms with Gasteiger partial charge in [-0.3, -0.25) is 0 Å². The third-order valence-electron chi connectivity index (χ3n) is 4.01. The van der Waals surface area contributed by atoms with Crippen molar-refractivity contribution in [2.45, 2.75) is 64.0 Å². The average molecular weight is 219 g/mol. The van der Waals surface area contributed by atoms with E-state index >= 15 is 0 Å². The van der Waals surface area contributed by atoms with Crippen LogP contribution >= 0.6 is 0 Å². The molecule has 2 fully saturated rings. The van der Waals surface area contributed by atoms with Crippen LogP contribution < -0.4 is 5.32 Å². The van der Waals surface area contributed by atoms with Crippen molar-refractivity contribution in [1.82, 2.24) is 9.55 Å². The summed E-state index contributed by atoms with van der Waals surface area (Å²) in [6, 6.07) is 1.38. The number of hydrogen-bond acceptors (Lipinski definition) is 2. The Labute approximate surface area is 97.3 Å². The Bertz CT molecular complexity index is 359. The van der Waals surface area contributed by atoms with Crippen LogP contribution in [0.4, 0.5) is 5.95 Å². The highest BCUT2D eigenvalue weighted by molar-refractivity contribution is 5.32. The van der Waals surface area contributed by atoms with E-state index in [0.717, 1.165) is 11.6 Å². The van der Waals surface area contributed by atoms with Gasteiger partial charge in [-0.25, -0.2) is 4.98 Å². The summed E-state index contributed by atoms with van der Waals surface area (Å²) < 4.78 is 2.39. The first kappa shape index (κ1) is 10.2. The van der Waals surface area contributed by atoms with Gasteiger partial charge < -0.3 is 9.88 Å². The fourth-order valence-corrected chi connectivity index (χ4v) is 2.82. The van der Waals surface area contributed by atoms with Crippen molar-refractivity contribution in [3.05, 3.63) is 11.9 Å². The molecule has 1 N–H and O–H groups in total. The van der Waals surface area contributed by atoms with E-state index in [1.54, 1.807) is 0 Å². The highest BCUT2D eigenvalue weighted by Gasteiger charge is 2.23. The number of rotatable bonds is 3. The number of aromatic nitrogens is 2. The van der Waals surface area contributed by atoms with Crippen LogP contribution in [0.25, 0.3) is 0 Å². The molecule has 88 valence electrons. The summed E-state index contributed by atoms with van der Waals surface area (Å²) in [5.74, 6) is 1.12. The molecule has 3 nitrogen and oxygen atoms in total.